The van der Waals surface area contributed by atoms with Gasteiger partial charge in [-0.1, -0.05) is 27.7 Å². The molecule has 1 aliphatic carbocycles. The van der Waals surface area contributed by atoms with Crippen LogP contribution in [-0.2, 0) is 15.6 Å². The maximum atomic E-state index is 13.4. The summed E-state index contributed by atoms with van der Waals surface area (Å²) < 4.78 is 13.4. The molecular formula is C16H21FN2O. The largest absolute Gasteiger partial charge is 0.295 e. The minimum absolute atomic E-state index is 0.0167. The van der Waals surface area contributed by atoms with Crippen LogP contribution >= 0.6 is 0 Å². The van der Waals surface area contributed by atoms with Crippen LogP contribution in [0.2, 0.25) is 0 Å². The number of nitrogens with zero attached hydrogens (tertiary/aromatic N) is 2. The van der Waals surface area contributed by atoms with Gasteiger partial charge in [-0.25, -0.2) is 9.37 Å². The molecule has 0 atom stereocenters. The average molecular weight is 276 g/mol. The van der Waals surface area contributed by atoms with Crippen LogP contribution in [0.15, 0.2) is 12.0 Å². The van der Waals surface area contributed by atoms with E-state index in [1.807, 2.05) is 0 Å². The highest BCUT2D eigenvalue weighted by molar-refractivity contribution is 5.83. The fourth-order valence-electron chi connectivity index (χ4n) is 2.61. The van der Waals surface area contributed by atoms with Crippen LogP contribution in [0.25, 0.3) is 5.57 Å². The van der Waals surface area contributed by atoms with Crippen molar-refractivity contribution in [2.24, 2.45) is 0 Å². The first-order chi connectivity index (χ1) is 9.19. The summed E-state index contributed by atoms with van der Waals surface area (Å²) in [6.07, 6.45) is 3.86. The summed E-state index contributed by atoms with van der Waals surface area (Å²) in [5, 5.41) is 0. The number of aromatic nitrogens is 2. The Morgan fingerprint density at radius 1 is 1.20 bits per heavy atom. The Hall–Kier alpha value is -1.58. The molecule has 1 aromatic heterocycles. The van der Waals surface area contributed by atoms with Gasteiger partial charge in [0.05, 0.1) is 23.3 Å². The molecule has 0 spiro atoms. The maximum absolute atomic E-state index is 13.4. The maximum Gasteiger partial charge on any atom is 0.178 e. The summed E-state index contributed by atoms with van der Waals surface area (Å²) in [7, 11) is 0. The molecule has 0 N–H and O–H groups in total. The Morgan fingerprint density at radius 2 is 1.75 bits per heavy atom. The number of hydrogen-bond donors (Lipinski definition) is 0. The van der Waals surface area contributed by atoms with Gasteiger partial charge in [-0.2, -0.15) is 0 Å². The fraction of sp³-hybridized carbons (Fsp3) is 0.562. The lowest BCUT2D eigenvalue weighted by Crippen LogP contribution is -2.36. The van der Waals surface area contributed by atoms with Crippen molar-refractivity contribution in [1.29, 1.82) is 0 Å². The van der Waals surface area contributed by atoms with E-state index in [4.69, 9.17) is 0 Å². The van der Waals surface area contributed by atoms with Gasteiger partial charge in [0.2, 0.25) is 0 Å². The summed E-state index contributed by atoms with van der Waals surface area (Å²) >= 11 is 0. The second-order valence-corrected chi connectivity index (χ2v) is 6.81. The topological polar surface area (TPSA) is 42.9 Å². The lowest BCUT2D eigenvalue weighted by atomic mass is 9.67. The first-order valence-corrected chi connectivity index (χ1v) is 6.89. The third-order valence-corrected chi connectivity index (χ3v) is 4.28. The summed E-state index contributed by atoms with van der Waals surface area (Å²) in [6.45, 7) is 10.1. The van der Waals surface area contributed by atoms with E-state index in [0.717, 1.165) is 24.2 Å². The molecule has 0 aliphatic heterocycles. The molecule has 4 heteroatoms. The second kappa shape index (κ2) is 4.76. The Morgan fingerprint density at radius 3 is 2.30 bits per heavy atom. The molecule has 0 saturated carbocycles. The minimum Gasteiger partial charge on any atom is -0.295 e. The predicted molar refractivity (Wildman–Crippen MR) is 77.1 cm³/mol. The lowest BCUT2D eigenvalue weighted by molar-refractivity contribution is -0.106. The predicted octanol–water partition coefficient (Wildman–Crippen LogP) is 3.73. The molecule has 108 valence electrons. The molecule has 0 bridgehead atoms. The minimum atomic E-state index is -0.785. The monoisotopic (exact) mass is 276 g/mol. The van der Waals surface area contributed by atoms with E-state index in [2.05, 4.69) is 37.7 Å². The van der Waals surface area contributed by atoms with Crippen LogP contribution in [0.3, 0.4) is 0 Å². The van der Waals surface area contributed by atoms with E-state index < -0.39 is 5.83 Å². The number of allylic oxidation sites excluding steroid dienone is 2. The molecular weight excluding hydrogens is 255 g/mol. The summed E-state index contributed by atoms with van der Waals surface area (Å²) in [5.74, 6) is -0.785. The van der Waals surface area contributed by atoms with E-state index >= 15 is 0 Å². The van der Waals surface area contributed by atoms with Gasteiger partial charge in [0, 0.05) is 16.4 Å². The summed E-state index contributed by atoms with van der Waals surface area (Å²) in [4.78, 5) is 19.7. The van der Waals surface area contributed by atoms with Crippen LogP contribution < -0.4 is 0 Å². The highest BCUT2D eigenvalue weighted by Crippen LogP contribution is 2.43. The Kier molecular flexibility index (Phi) is 3.53. The average Bonchev–Trinajstić information content (AvgIpc) is 2.42. The van der Waals surface area contributed by atoms with E-state index in [1.54, 1.807) is 13.1 Å². The van der Waals surface area contributed by atoms with Crippen molar-refractivity contribution < 1.29 is 9.18 Å². The first kappa shape index (κ1) is 14.8. The van der Waals surface area contributed by atoms with Gasteiger partial charge in [0.25, 0.3) is 0 Å². The zero-order valence-corrected chi connectivity index (χ0v) is 12.7. The number of hydrogen-bond acceptors (Lipinski definition) is 3. The van der Waals surface area contributed by atoms with E-state index in [-0.39, 0.29) is 22.7 Å². The molecule has 0 amide bonds. The highest BCUT2D eigenvalue weighted by Gasteiger charge is 2.39. The number of halogens is 1. The lowest BCUT2D eigenvalue weighted by Gasteiger charge is -2.39. The van der Waals surface area contributed by atoms with Gasteiger partial charge < -0.3 is 0 Å². The Bertz CT molecular complexity index is 588. The van der Waals surface area contributed by atoms with Crippen molar-refractivity contribution in [3.05, 3.63) is 29.1 Å². The highest BCUT2D eigenvalue weighted by atomic mass is 19.1. The number of carbonyl (C=O) groups is 1. The molecule has 2 rings (SSSR count). The molecule has 0 radical (unpaired) electrons. The summed E-state index contributed by atoms with van der Waals surface area (Å²) in [5.41, 5.74) is 2.50. The standard InChI is InChI=1S/C16H21FN2O/c1-10(11(17)9-20)12-8-18-13-14(19-12)16(4,5)7-6-15(13,2)3/h8-9H,6-7H2,1-5H3/b11-10+. The van der Waals surface area contributed by atoms with Crippen LogP contribution in [-0.4, -0.2) is 16.3 Å². The summed E-state index contributed by atoms with van der Waals surface area (Å²) in [6, 6.07) is 0. The quantitative estimate of drug-likeness (QED) is 0.610. The van der Waals surface area contributed by atoms with Gasteiger partial charge >= 0.3 is 0 Å². The SMILES string of the molecule is C/C(=C(\F)C=O)c1cnc2c(n1)C(C)(C)CCC2(C)C. The van der Waals surface area contributed by atoms with Crippen LogP contribution in [0, 0.1) is 0 Å². The second-order valence-electron chi connectivity index (χ2n) is 6.81. The molecule has 3 nitrogen and oxygen atoms in total. The molecule has 20 heavy (non-hydrogen) atoms. The molecule has 1 aromatic rings. The van der Waals surface area contributed by atoms with Crippen molar-refractivity contribution in [2.75, 3.05) is 0 Å². The number of fused-ring (bicyclic) bond motifs is 1. The Balaban J connectivity index is 2.63. The van der Waals surface area contributed by atoms with Crippen LogP contribution in [0.4, 0.5) is 4.39 Å². The van der Waals surface area contributed by atoms with Gasteiger partial charge in [0.1, 0.15) is 0 Å². The zero-order valence-electron chi connectivity index (χ0n) is 12.7. The smallest absolute Gasteiger partial charge is 0.178 e. The number of aldehydes is 1. The third-order valence-electron chi connectivity index (χ3n) is 4.28. The molecule has 0 saturated heterocycles. The van der Waals surface area contributed by atoms with Crippen LogP contribution in [0.5, 0.6) is 0 Å². The first-order valence-electron chi connectivity index (χ1n) is 6.89. The zero-order chi connectivity index (χ0) is 15.1. The van der Waals surface area contributed by atoms with Crippen LogP contribution in [0.1, 0.15) is 64.5 Å². The van der Waals surface area contributed by atoms with E-state index in [0.29, 0.717) is 5.69 Å². The molecule has 1 heterocycles. The van der Waals surface area contributed by atoms with Crippen molar-refractivity contribution in [2.45, 2.75) is 58.3 Å². The van der Waals surface area contributed by atoms with Gasteiger partial charge in [-0.15, -0.1) is 0 Å². The van der Waals surface area contributed by atoms with Crippen molar-refractivity contribution in [3.63, 3.8) is 0 Å². The fourth-order valence-corrected chi connectivity index (χ4v) is 2.61. The Labute approximate surface area is 119 Å². The molecule has 0 aromatic carbocycles. The van der Waals surface area contributed by atoms with Gasteiger partial charge in [-0.3, -0.25) is 9.78 Å². The van der Waals surface area contributed by atoms with Crippen molar-refractivity contribution >= 4 is 11.9 Å². The van der Waals surface area contributed by atoms with Crippen molar-refractivity contribution in [3.8, 4) is 0 Å². The molecule has 1 aliphatic rings. The number of rotatable bonds is 2. The normalized spacial score (nSPS) is 20.9. The molecule has 0 fully saturated rings. The van der Waals surface area contributed by atoms with Gasteiger partial charge in [-0.05, 0) is 19.8 Å². The van der Waals surface area contributed by atoms with E-state index in [9.17, 15) is 9.18 Å². The van der Waals surface area contributed by atoms with Crippen molar-refractivity contribution in [1.82, 2.24) is 9.97 Å². The van der Waals surface area contributed by atoms with E-state index in [1.165, 1.54) is 0 Å². The third kappa shape index (κ3) is 2.39. The molecule has 0 unspecified atom stereocenters. The number of carbonyl (C=O) groups excluding carboxylic acids is 1. The van der Waals surface area contributed by atoms with Gasteiger partial charge in [0.15, 0.2) is 12.1 Å².